The smallest absolute Gasteiger partial charge is 0.308 e. The first kappa shape index (κ1) is 7.54. The van der Waals surface area contributed by atoms with Crippen LogP contribution in [-0.2, 0) is 14.3 Å². The summed E-state index contributed by atoms with van der Waals surface area (Å²) in [6.45, 7) is 0. The highest BCUT2D eigenvalue weighted by atomic mass is 16.5. The lowest BCUT2D eigenvalue weighted by Gasteiger charge is -2.31. The molecule has 1 aliphatic carbocycles. The van der Waals surface area contributed by atoms with Gasteiger partial charge in [-0.2, -0.15) is 0 Å². The van der Waals surface area contributed by atoms with Crippen LogP contribution < -0.4 is 0 Å². The van der Waals surface area contributed by atoms with E-state index < -0.39 is 0 Å². The van der Waals surface area contributed by atoms with Crippen molar-refractivity contribution in [2.45, 2.75) is 18.9 Å². The van der Waals surface area contributed by atoms with E-state index >= 15 is 0 Å². The van der Waals surface area contributed by atoms with Crippen LogP contribution in [0.4, 0.5) is 0 Å². The summed E-state index contributed by atoms with van der Waals surface area (Å²) in [5.74, 6) is -0.0109. The molecule has 0 spiro atoms. The summed E-state index contributed by atoms with van der Waals surface area (Å²) < 4.78 is 9.56. The molecular weight excluding hydrogens is 132 g/mol. The minimum Gasteiger partial charge on any atom is -0.469 e. The highest BCUT2D eigenvalue weighted by Gasteiger charge is 2.35. The van der Waals surface area contributed by atoms with Gasteiger partial charge >= 0.3 is 5.97 Å². The van der Waals surface area contributed by atoms with Crippen molar-refractivity contribution in [3.8, 4) is 0 Å². The van der Waals surface area contributed by atoms with Crippen LogP contribution >= 0.6 is 0 Å². The van der Waals surface area contributed by atoms with Crippen molar-refractivity contribution in [3.05, 3.63) is 0 Å². The number of methoxy groups -OCH3 is 2. The van der Waals surface area contributed by atoms with E-state index in [1.165, 1.54) is 7.11 Å². The molecule has 0 atom stereocenters. The standard InChI is InChI=1S/C7H12O3/c1-9-6-3-5(4-6)7(8)10-2/h5-6H,3-4H2,1-2H3. The molecule has 1 rings (SSSR count). The van der Waals surface area contributed by atoms with Gasteiger partial charge < -0.3 is 9.47 Å². The number of hydrogen-bond acceptors (Lipinski definition) is 3. The van der Waals surface area contributed by atoms with Gasteiger partial charge in [0.25, 0.3) is 0 Å². The van der Waals surface area contributed by atoms with Crippen molar-refractivity contribution in [1.82, 2.24) is 0 Å². The zero-order valence-electron chi connectivity index (χ0n) is 6.29. The summed E-state index contributed by atoms with van der Waals surface area (Å²) >= 11 is 0. The molecule has 0 unspecified atom stereocenters. The molecule has 3 nitrogen and oxygen atoms in total. The number of hydrogen-bond donors (Lipinski definition) is 0. The summed E-state index contributed by atoms with van der Waals surface area (Å²) in [5.41, 5.74) is 0. The lowest BCUT2D eigenvalue weighted by Crippen LogP contribution is -2.36. The van der Waals surface area contributed by atoms with Crippen molar-refractivity contribution in [3.63, 3.8) is 0 Å². The second kappa shape index (κ2) is 3.01. The van der Waals surface area contributed by atoms with Crippen molar-refractivity contribution in [2.75, 3.05) is 14.2 Å². The third-order valence-electron chi connectivity index (χ3n) is 1.96. The molecule has 58 valence electrons. The van der Waals surface area contributed by atoms with Crippen LogP contribution in [0.15, 0.2) is 0 Å². The van der Waals surface area contributed by atoms with E-state index in [1.54, 1.807) is 7.11 Å². The van der Waals surface area contributed by atoms with E-state index in [9.17, 15) is 4.79 Å². The quantitative estimate of drug-likeness (QED) is 0.532. The molecular formula is C7H12O3. The lowest BCUT2D eigenvalue weighted by atomic mass is 9.82. The molecule has 0 aliphatic heterocycles. The number of rotatable bonds is 2. The Bertz CT molecular complexity index is 127. The zero-order valence-corrected chi connectivity index (χ0v) is 6.29. The summed E-state index contributed by atoms with van der Waals surface area (Å²) in [6, 6.07) is 0. The highest BCUT2D eigenvalue weighted by Crippen LogP contribution is 2.30. The molecule has 0 amide bonds. The van der Waals surface area contributed by atoms with Gasteiger partial charge in [0.05, 0.1) is 19.1 Å². The van der Waals surface area contributed by atoms with Crippen LogP contribution in [0.3, 0.4) is 0 Å². The third kappa shape index (κ3) is 1.29. The topological polar surface area (TPSA) is 35.5 Å². The summed E-state index contributed by atoms with van der Waals surface area (Å²) in [7, 11) is 3.08. The first-order valence-corrected chi connectivity index (χ1v) is 3.38. The van der Waals surface area contributed by atoms with Crippen LogP contribution in [0.25, 0.3) is 0 Å². The molecule has 0 heterocycles. The van der Waals surface area contributed by atoms with Crippen molar-refractivity contribution in [2.24, 2.45) is 5.92 Å². The summed E-state index contributed by atoms with van der Waals surface area (Å²) in [4.78, 5) is 10.8. The molecule has 0 N–H and O–H groups in total. The van der Waals surface area contributed by atoms with Crippen LogP contribution in [0.2, 0.25) is 0 Å². The average molecular weight is 144 g/mol. The molecule has 0 bridgehead atoms. The molecule has 1 aliphatic rings. The number of esters is 1. The van der Waals surface area contributed by atoms with Crippen LogP contribution in [0, 0.1) is 5.92 Å². The normalized spacial score (nSPS) is 31.0. The van der Waals surface area contributed by atoms with Crippen LogP contribution in [0.1, 0.15) is 12.8 Å². The Morgan fingerprint density at radius 1 is 1.40 bits per heavy atom. The van der Waals surface area contributed by atoms with E-state index in [-0.39, 0.29) is 18.0 Å². The van der Waals surface area contributed by atoms with E-state index in [0.717, 1.165) is 12.8 Å². The van der Waals surface area contributed by atoms with E-state index in [2.05, 4.69) is 4.74 Å². The van der Waals surface area contributed by atoms with Gasteiger partial charge in [-0.05, 0) is 12.8 Å². The predicted molar refractivity (Wildman–Crippen MR) is 35.5 cm³/mol. The van der Waals surface area contributed by atoms with Gasteiger partial charge in [-0.25, -0.2) is 0 Å². The van der Waals surface area contributed by atoms with Gasteiger partial charge in [-0.15, -0.1) is 0 Å². The molecule has 1 saturated carbocycles. The lowest BCUT2D eigenvalue weighted by molar-refractivity contribution is -0.153. The van der Waals surface area contributed by atoms with Crippen molar-refractivity contribution in [1.29, 1.82) is 0 Å². The minimum atomic E-state index is -0.103. The van der Waals surface area contributed by atoms with Crippen LogP contribution in [-0.4, -0.2) is 26.3 Å². The number of ether oxygens (including phenoxy) is 2. The molecule has 10 heavy (non-hydrogen) atoms. The maximum absolute atomic E-state index is 10.8. The van der Waals surface area contributed by atoms with E-state index in [1.807, 2.05) is 0 Å². The molecule has 0 radical (unpaired) electrons. The zero-order chi connectivity index (χ0) is 7.56. The van der Waals surface area contributed by atoms with Gasteiger partial charge in [0.15, 0.2) is 0 Å². The number of carbonyl (C=O) groups excluding carboxylic acids is 1. The predicted octanol–water partition coefficient (Wildman–Crippen LogP) is 0.584. The fourth-order valence-electron chi connectivity index (χ4n) is 1.12. The minimum absolute atomic E-state index is 0.0925. The molecule has 0 saturated heterocycles. The Balaban J connectivity index is 2.19. The van der Waals surface area contributed by atoms with Crippen molar-refractivity contribution < 1.29 is 14.3 Å². The molecule has 3 heteroatoms. The Labute approximate surface area is 60.3 Å². The Hall–Kier alpha value is -0.570. The first-order chi connectivity index (χ1) is 4.77. The van der Waals surface area contributed by atoms with Crippen molar-refractivity contribution >= 4 is 5.97 Å². The Morgan fingerprint density at radius 2 is 2.00 bits per heavy atom. The van der Waals surface area contributed by atoms with Gasteiger partial charge in [0, 0.05) is 7.11 Å². The van der Waals surface area contributed by atoms with E-state index in [0.29, 0.717) is 0 Å². The first-order valence-electron chi connectivity index (χ1n) is 3.38. The fourth-order valence-corrected chi connectivity index (χ4v) is 1.12. The monoisotopic (exact) mass is 144 g/mol. The average Bonchev–Trinajstić information content (AvgIpc) is 1.85. The summed E-state index contributed by atoms with van der Waals surface area (Å²) in [6.07, 6.45) is 1.93. The summed E-state index contributed by atoms with van der Waals surface area (Å²) in [5, 5.41) is 0. The Kier molecular flexibility index (Phi) is 2.27. The van der Waals surface area contributed by atoms with Gasteiger partial charge in [0.1, 0.15) is 0 Å². The van der Waals surface area contributed by atoms with Gasteiger partial charge in [-0.1, -0.05) is 0 Å². The molecule has 0 aromatic rings. The highest BCUT2D eigenvalue weighted by molar-refractivity contribution is 5.73. The number of carbonyl (C=O) groups is 1. The fraction of sp³-hybridized carbons (Fsp3) is 0.857. The Morgan fingerprint density at radius 3 is 2.40 bits per heavy atom. The van der Waals surface area contributed by atoms with Crippen LogP contribution in [0.5, 0.6) is 0 Å². The van der Waals surface area contributed by atoms with Gasteiger partial charge in [0.2, 0.25) is 0 Å². The third-order valence-corrected chi connectivity index (χ3v) is 1.96. The maximum Gasteiger partial charge on any atom is 0.308 e. The van der Waals surface area contributed by atoms with E-state index in [4.69, 9.17) is 4.74 Å². The maximum atomic E-state index is 10.8. The largest absolute Gasteiger partial charge is 0.469 e. The molecule has 0 aromatic heterocycles. The molecule has 0 aromatic carbocycles. The van der Waals surface area contributed by atoms with Gasteiger partial charge in [-0.3, -0.25) is 4.79 Å². The second-order valence-electron chi connectivity index (χ2n) is 2.55. The SMILES string of the molecule is COC(=O)C1CC(OC)C1. The second-order valence-corrected chi connectivity index (χ2v) is 2.55. The molecule has 1 fully saturated rings.